The Morgan fingerprint density at radius 2 is 0.500 bits per heavy atom. The van der Waals surface area contributed by atoms with Crippen LogP contribution in [-0.2, 0) is 40.1 Å². The molecule has 0 bridgehead atoms. The Kier molecular flexibility index (Phi) is 20.6. The normalized spacial score (nSPS) is 16.3. The summed E-state index contributed by atoms with van der Waals surface area (Å²) in [5.41, 5.74) is 3.21. The van der Waals surface area contributed by atoms with Crippen molar-refractivity contribution in [1.82, 2.24) is 19.9 Å². The molecule has 0 saturated heterocycles. The quantitative estimate of drug-likeness (QED) is 0.100. The molecule has 0 fully saturated rings. The first-order chi connectivity index (χ1) is 26.9. The summed E-state index contributed by atoms with van der Waals surface area (Å²) >= 11 is 5.14. The third-order valence-corrected chi connectivity index (χ3v) is 18.8. The number of aliphatic hydroxyl groups excluding tert-OH is 4. The fourth-order valence-corrected chi connectivity index (χ4v) is 10.4. The van der Waals surface area contributed by atoms with Crippen molar-refractivity contribution in [3.05, 3.63) is 62.3 Å². The van der Waals surface area contributed by atoms with Crippen molar-refractivity contribution in [2.45, 2.75) is 129 Å². The standard InChI is InChI=1S/4C8H14N2O3S2/c4*1-4-5(2)14-8(10-4)7(11)6(3)15(9,12)13/h4*6-7,11H,1-3H3,(H2,9,12,13)/t2*6-,7+;2*6-,7-/m1010/s1. The first-order valence-electron chi connectivity index (χ1n) is 17.5. The van der Waals surface area contributed by atoms with E-state index in [0.29, 0.717) is 20.0 Å². The lowest BCUT2D eigenvalue weighted by atomic mass is 10.3. The van der Waals surface area contributed by atoms with Crippen molar-refractivity contribution < 1.29 is 54.1 Å². The third kappa shape index (κ3) is 16.3. The van der Waals surface area contributed by atoms with Gasteiger partial charge in [-0.2, -0.15) is 0 Å². The Balaban J connectivity index is 0.000000400. The minimum atomic E-state index is -3.74. The molecule has 4 rings (SSSR count). The second-order valence-corrected chi connectivity index (χ2v) is 26.4. The molecule has 0 radical (unpaired) electrons. The van der Waals surface area contributed by atoms with Crippen LogP contribution in [0.15, 0.2) is 0 Å². The number of aryl methyl sites for hydroxylation is 8. The minimum Gasteiger partial charge on any atom is -0.384 e. The molecule has 0 aliphatic carbocycles. The molecule has 0 saturated carbocycles. The van der Waals surface area contributed by atoms with E-state index < -0.39 is 85.5 Å². The summed E-state index contributed by atoms with van der Waals surface area (Å²) in [6, 6.07) is 0. The van der Waals surface area contributed by atoms with Gasteiger partial charge in [0.2, 0.25) is 40.1 Å². The Hall–Kier alpha value is -2.00. The number of sulfonamides is 4. The molecule has 4 aromatic heterocycles. The topological polar surface area (TPSA) is 373 Å². The first kappa shape index (κ1) is 56.0. The lowest BCUT2D eigenvalue weighted by Crippen LogP contribution is -2.31. The van der Waals surface area contributed by atoms with Crippen LogP contribution < -0.4 is 20.6 Å². The van der Waals surface area contributed by atoms with Crippen LogP contribution in [0, 0.1) is 55.4 Å². The summed E-state index contributed by atoms with van der Waals surface area (Å²) in [6.07, 6.45) is -4.62. The SMILES string of the molecule is Cc1nc([C@@H](O)[C@@H](C)S(N)(=O)=O)sc1C.Cc1nc([C@@H](O)[C@H](C)S(N)(=O)=O)sc1C.Cc1nc([C@H](O)[C@@H](C)S(N)(=O)=O)sc1C.Cc1nc([C@H](O)[C@H](C)S(N)(=O)=O)sc1C. The molecule has 0 aliphatic heterocycles. The highest BCUT2D eigenvalue weighted by Gasteiger charge is 2.31. The van der Waals surface area contributed by atoms with Gasteiger partial charge >= 0.3 is 0 Å². The second-order valence-electron chi connectivity index (χ2n) is 13.7. The van der Waals surface area contributed by atoms with E-state index in [1.807, 2.05) is 55.4 Å². The number of hydrogen-bond donors (Lipinski definition) is 8. The lowest BCUT2D eigenvalue weighted by molar-refractivity contribution is 0.175. The van der Waals surface area contributed by atoms with Gasteiger partial charge in [-0.25, -0.2) is 74.2 Å². The van der Waals surface area contributed by atoms with E-state index >= 15 is 0 Å². The van der Waals surface area contributed by atoms with E-state index in [4.69, 9.17) is 20.6 Å². The predicted molar refractivity (Wildman–Crippen MR) is 236 cm³/mol. The maximum Gasteiger partial charge on any atom is 0.214 e. The fourth-order valence-electron chi connectivity index (χ4n) is 4.02. The summed E-state index contributed by atoms with van der Waals surface area (Å²) in [4.78, 5) is 20.2. The average Bonchev–Trinajstić information content (AvgIpc) is 3.86. The Morgan fingerprint density at radius 3 is 0.583 bits per heavy atom. The number of hydrogen-bond acceptors (Lipinski definition) is 20. The Bertz CT molecular complexity index is 2080. The van der Waals surface area contributed by atoms with Crippen LogP contribution in [0.3, 0.4) is 0 Å². The number of rotatable bonds is 12. The van der Waals surface area contributed by atoms with Crippen LogP contribution >= 0.6 is 45.3 Å². The van der Waals surface area contributed by atoms with Gasteiger partial charge in [0.1, 0.15) is 65.4 Å². The molecule has 28 heteroatoms. The van der Waals surface area contributed by atoms with Crippen LogP contribution in [0.4, 0.5) is 0 Å². The molecule has 4 aromatic rings. The molecular weight excluding hydrogens is 945 g/mol. The molecule has 60 heavy (non-hydrogen) atoms. The fraction of sp³-hybridized carbons (Fsp3) is 0.625. The predicted octanol–water partition coefficient (Wildman–Crippen LogP) is 1.88. The molecule has 0 spiro atoms. The summed E-state index contributed by atoms with van der Waals surface area (Å²) in [5.74, 6) is 0. The van der Waals surface area contributed by atoms with Gasteiger partial charge in [0.05, 0.1) is 22.8 Å². The van der Waals surface area contributed by atoms with Crippen molar-refractivity contribution >= 4 is 85.4 Å². The highest BCUT2D eigenvalue weighted by atomic mass is 32.2. The van der Waals surface area contributed by atoms with Crippen LogP contribution in [0.1, 0.15) is 114 Å². The van der Waals surface area contributed by atoms with Crippen molar-refractivity contribution in [2.24, 2.45) is 20.6 Å². The van der Waals surface area contributed by atoms with Gasteiger partial charge in [0.25, 0.3) is 0 Å². The van der Waals surface area contributed by atoms with Gasteiger partial charge in [0, 0.05) is 19.5 Å². The van der Waals surface area contributed by atoms with Gasteiger partial charge in [-0.1, -0.05) is 0 Å². The highest BCUT2D eigenvalue weighted by Crippen LogP contribution is 2.30. The number of nitrogens with two attached hydrogens (primary N) is 4. The molecule has 0 aliphatic rings. The zero-order valence-corrected chi connectivity index (χ0v) is 41.6. The van der Waals surface area contributed by atoms with E-state index in [0.717, 1.165) is 42.3 Å². The monoisotopic (exact) mass is 1000 g/mol. The van der Waals surface area contributed by atoms with Crippen LogP contribution in [-0.4, -0.2) is 95.0 Å². The number of aromatic nitrogens is 4. The molecule has 8 atom stereocenters. The zero-order chi connectivity index (χ0) is 47.2. The van der Waals surface area contributed by atoms with E-state index in [9.17, 15) is 54.1 Å². The first-order valence-corrected chi connectivity index (χ1v) is 27.2. The molecule has 20 nitrogen and oxygen atoms in total. The van der Waals surface area contributed by atoms with Gasteiger partial charge < -0.3 is 20.4 Å². The maximum absolute atomic E-state index is 11.0. The van der Waals surface area contributed by atoms with Gasteiger partial charge in [-0.05, 0) is 83.1 Å². The molecular formula is C32H56N8O12S8. The van der Waals surface area contributed by atoms with Crippen LogP contribution in [0.25, 0.3) is 0 Å². The molecule has 0 amide bonds. The van der Waals surface area contributed by atoms with E-state index in [1.165, 1.54) is 73.0 Å². The van der Waals surface area contributed by atoms with Gasteiger partial charge in [0.15, 0.2) is 0 Å². The van der Waals surface area contributed by atoms with Crippen molar-refractivity contribution in [1.29, 1.82) is 0 Å². The van der Waals surface area contributed by atoms with Crippen molar-refractivity contribution in [3.8, 4) is 0 Å². The minimum absolute atomic E-state index is 0.395. The third-order valence-electron chi connectivity index (χ3n) is 9.04. The number of aliphatic hydroxyl groups is 4. The Morgan fingerprint density at radius 1 is 0.367 bits per heavy atom. The summed E-state index contributed by atoms with van der Waals surface area (Å²) in [5, 5.41) is 56.2. The summed E-state index contributed by atoms with van der Waals surface area (Å²) in [7, 11) is -14.9. The Labute approximate surface area is 368 Å². The zero-order valence-electron chi connectivity index (χ0n) is 35.0. The van der Waals surface area contributed by atoms with Crippen LogP contribution in [0.5, 0.6) is 0 Å². The summed E-state index contributed by atoms with van der Waals surface area (Å²) in [6.45, 7) is 20.2. The largest absolute Gasteiger partial charge is 0.384 e. The number of primary sulfonamides is 4. The molecule has 12 N–H and O–H groups in total. The molecule has 0 aromatic carbocycles. The maximum atomic E-state index is 11.0. The second kappa shape index (κ2) is 22.1. The number of nitrogens with zero attached hydrogens (tertiary/aromatic N) is 4. The van der Waals surface area contributed by atoms with Gasteiger partial charge in [-0.15, -0.1) is 45.3 Å². The van der Waals surface area contributed by atoms with Crippen molar-refractivity contribution in [3.63, 3.8) is 0 Å². The van der Waals surface area contributed by atoms with E-state index in [2.05, 4.69) is 19.9 Å². The summed E-state index contributed by atoms with van der Waals surface area (Å²) < 4.78 is 88.3. The molecule has 4 heterocycles. The van der Waals surface area contributed by atoms with Crippen molar-refractivity contribution in [2.75, 3.05) is 0 Å². The van der Waals surface area contributed by atoms with E-state index in [-0.39, 0.29) is 0 Å². The smallest absolute Gasteiger partial charge is 0.214 e. The highest BCUT2D eigenvalue weighted by molar-refractivity contribution is 7.90. The van der Waals surface area contributed by atoms with Gasteiger partial charge in [-0.3, -0.25) is 0 Å². The molecule has 0 unspecified atom stereocenters. The van der Waals surface area contributed by atoms with Crippen LogP contribution in [0.2, 0.25) is 0 Å². The van der Waals surface area contributed by atoms with E-state index in [1.54, 1.807) is 0 Å². The average molecular weight is 1000 g/mol. The lowest BCUT2D eigenvalue weighted by Gasteiger charge is -2.13. The number of thiazole rings is 4. The molecule has 344 valence electrons.